The molecule has 2 heterocycles. The van der Waals surface area contributed by atoms with Crippen LogP contribution in [0.4, 0.5) is 0 Å². The van der Waals surface area contributed by atoms with Crippen molar-refractivity contribution in [3.8, 4) is 17.2 Å². The summed E-state index contributed by atoms with van der Waals surface area (Å²) < 4.78 is 16.3. The molecule has 0 saturated carbocycles. The molecule has 5 heteroatoms. The molecule has 98 valence electrons. The van der Waals surface area contributed by atoms with Gasteiger partial charge in [-0.05, 0) is 6.07 Å². The van der Waals surface area contributed by atoms with Crippen LogP contribution < -0.4 is 19.5 Å². The third kappa shape index (κ3) is 2.11. The Hall–Kier alpha value is -1.46. The third-order valence-corrected chi connectivity index (χ3v) is 3.38. The smallest absolute Gasteiger partial charge is 0.231 e. The van der Waals surface area contributed by atoms with E-state index in [1.165, 1.54) is 0 Å². The molecule has 0 unspecified atom stereocenters. The molecule has 1 aromatic rings. The van der Waals surface area contributed by atoms with Crippen LogP contribution in [0.3, 0.4) is 0 Å². The van der Waals surface area contributed by atoms with Crippen molar-refractivity contribution in [2.45, 2.75) is 6.54 Å². The maximum Gasteiger partial charge on any atom is 0.231 e. The second-order valence-electron chi connectivity index (χ2n) is 4.52. The third-order valence-electron chi connectivity index (χ3n) is 3.38. The molecule has 1 saturated heterocycles. The molecular formula is C13H18N2O3. The van der Waals surface area contributed by atoms with Crippen molar-refractivity contribution in [1.82, 2.24) is 10.2 Å². The average molecular weight is 250 g/mol. The lowest BCUT2D eigenvalue weighted by Crippen LogP contribution is -2.42. The normalized spacial score (nSPS) is 18.9. The monoisotopic (exact) mass is 250 g/mol. The Labute approximate surface area is 107 Å². The Morgan fingerprint density at radius 3 is 2.89 bits per heavy atom. The van der Waals surface area contributed by atoms with Gasteiger partial charge >= 0.3 is 0 Å². The summed E-state index contributed by atoms with van der Waals surface area (Å²) >= 11 is 0. The zero-order chi connectivity index (χ0) is 12.4. The van der Waals surface area contributed by atoms with Gasteiger partial charge in [-0.25, -0.2) is 0 Å². The van der Waals surface area contributed by atoms with Gasteiger partial charge in [-0.1, -0.05) is 6.07 Å². The lowest BCUT2D eigenvalue weighted by Gasteiger charge is -2.27. The molecule has 1 N–H and O–H groups in total. The molecule has 0 aliphatic carbocycles. The van der Waals surface area contributed by atoms with Crippen molar-refractivity contribution in [2.75, 3.05) is 40.1 Å². The van der Waals surface area contributed by atoms with E-state index in [2.05, 4.69) is 16.3 Å². The van der Waals surface area contributed by atoms with Crippen molar-refractivity contribution in [2.24, 2.45) is 0 Å². The maximum absolute atomic E-state index is 5.48. The number of methoxy groups -OCH3 is 1. The minimum Gasteiger partial charge on any atom is -0.492 e. The first-order valence-electron chi connectivity index (χ1n) is 6.27. The van der Waals surface area contributed by atoms with Crippen molar-refractivity contribution >= 4 is 0 Å². The average Bonchev–Trinajstić information content (AvgIpc) is 2.88. The number of piperazine rings is 1. The van der Waals surface area contributed by atoms with Crippen LogP contribution >= 0.6 is 0 Å². The predicted octanol–water partition coefficient (Wildman–Crippen LogP) is 0.829. The predicted molar refractivity (Wildman–Crippen MR) is 67.3 cm³/mol. The van der Waals surface area contributed by atoms with Gasteiger partial charge < -0.3 is 19.5 Å². The molecule has 1 fully saturated rings. The fourth-order valence-electron chi connectivity index (χ4n) is 2.45. The molecule has 2 aliphatic rings. The van der Waals surface area contributed by atoms with Crippen LogP contribution in [0.15, 0.2) is 12.1 Å². The van der Waals surface area contributed by atoms with Gasteiger partial charge in [0.25, 0.3) is 0 Å². The van der Waals surface area contributed by atoms with Gasteiger partial charge in [0.15, 0.2) is 11.5 Å². The highest BCUT2D eigenvalue weighted by Crippen LogP contribution is 2.43. The molecule has 0 amide bonds. The number of hydrogen-bond donors (Lipinski definition) is 1. The largest absolute Gasteiger partial charge is 0.492 e. The lowest BCUT2D eigenvalue weighted by molar-refractivity contribution is 0.170. The maximum atomic E-state index is 5.48. The zero-order valence-electron chi connectivity index (χ0n) is 10.6. The van der Waals surface area contributed by atoms with Crippen LogP contribution in [-0.4, -0.2) is 45.0 Å². The highest BCUT2D eigenvalue weighted by molar-refractivity contribution is 5.56. The minimum atomic E-state index is 0.281. The summed E-state index contributed by atoms with van der Waals surface area (Å²) in [5.41, 5.74) is 1.16. The lowest BCUT2D eigenvalue weighted by atomic mass is 10.1. The van der Waals surface area contributed by atoms with E-state index < -0.39 is 0 Å². The van der Waals surface area contributed by atoms with Gasteiger partial charge in [-0.15, -0.1) is 0 Å². The van der Waals surface area contributed by atoms with Crippen LogP contribution in [0.5, 0.6) is 17.2 Å². The summed E-state index contributed by atoms with van der Waals surface area (Å²) in [6, 6.07) is 4.02. The van der Waals surface area contributed by atoms with Crippen molar-refractivity contribution in [1.29, 1.82) is 0 Å². The van der Waals surface area contributed by atoms with E-state index in [1.807, 2.05) is 6.07 Å². The van der Waals surface area contributed by atoms with E-state index in [0.29, 0.717) is 0 Å². The molecule has 5 nitrogen and oxygen atoms in total. The summed E-state index contributed by atoms with van der Waals surface area (Å²) in [6.07, 6.45) is 0. The molecule has 0 radical (unpaired) electrons. The molecule has 0 spiro atoms. The van der Waals surface area contributed by atoms with E-state index in [9.17, 15) is 0 Å². The number of rotatable bonds is 3. The van der Waals surface area contributed by atoms with Gasteiger partial charge in [0.2, 0.25) is 12.5 Å². The van der Waals surface area contributed by atoms with Gasteiger partial charge in [0.05, 0.1) is 7.11 Å². The first-order valence-corrected chi connectivity index (χ1v) is 6.27. The van der Waals surface area contributed by atoms with Crippen LogP contribution in [-0.2, 0) is 6.54 Å². The number of hydrogen-bond acceptors (Lipinski definition) is 5. The number of ether oxygens (including phenoxy) is 3. The SMILES string of the molecule is COc1c(CN2CCNCC2)ccc2c1OCO2. The quantitative estimate of drug-likeness (QED) is 0.860. The van der Waals surface area contributed by atoms with Crippen molar-refractivity contribution in [3.63, 3.8) is 0 Å². The topological polar surface area (TPSA) is 43.0 Å². The van der Waals surface area contributed by atoms with E-state index in [-0.39, 0.29) is 6.79 Å². The molecule has 3 rings (SSSR count). The molecule has 0 bridgehead atoms. The molecule has 0 atom stereocenters. The molecule has 2 aliphatic heterocycles. The highest BCUT2D eigenvalue weighted by atomic mass is 16.7. The number of nitrogens with zero attached hydrogens (tertiary/aromatic N) is 1. The Morgan fingerprint density at radius 1 is 1.28 bits per heavy atom. The Morgan fingerprint density at radius 2 is 2.11 bits per heavy atom. The van der Waals surface area contributed by atoms with Crippen LogP contribution in [0.25, 0.3) is 0 Å². The fourth-order valence-corrected chi connectivity index (χ4v) is 2.45. The first kappa shape index (κ1) is 11.6. The zero-order valence-corrected chi connectivity index (χ0v) is 10.6. The first-order chi connectivity index (χ1) is 8.88. The minimum absolute atomic E-state index is 0.281. The van der Waals surface area contributed by atoms with Crippen molar-refractivity contribution < 1.29 is 14.2 Å². The van der Waals surface area contributed by atoms with E-state index in [1.54, 1.807) is 7.11 Å². The number of benzene rings is 1. The molecule has 1 aromatic carbocycles. The van der Waals surface area contributed by atoms with Gasteiger partial charge in [0, 0.05) is 38.3 Å². The summed E-state index contributed by atoms with van der Waals surface area (Å²) in [7, 11) is 1.68. The Bertz CT molecular complexity index is 430. The summed E-state index contributed by atoms with van der Waals surface area (Å²) in [6.45, 7) is 5.40. The summed E-state index contributed by atoms with van der Waals surface area (Å²) in [5.74, 6) is 2.32. The van der Waals surface area contributed by atoms with Gasteiger partial charge in [-0.2, -0.15) is 0 Å². The Kier molecular flexibility index (Phi) is 3.25. The standard InChI is InChI=1S/C13H18N2O3/c1-16-12-10(8-15-6-4-14-5-7-15)2-3-11-13(12)18-9-17-11/h2-3,14H,4-9H2,1H3. The van der Waals surface area contributed by atoms with E-state index in [0.717, 1.165) is 55.5 Å². The van der Waals surface area contributed by atoms with E-state index >= 15 is 0 Å². The second-order valence-corrected chi connectivity index (χ2v) is 4.52. The van der Waals surface area contributed by atoms with E-state index in [4.69, 9.17) is 14.2 Å². The van der Waals surface area contributed by atoms with Crippen LogP contribution in [0.2, 0.25) is 0 Å². The molecule has 0 aromatic heterocycles. The number of nitrogens with one attached hydrogen (secondary N) is 1. The van der Waals surface area contributed by atoms with Crippen LogP contribution in [0.1, 0.15) is 5.56 Å². The van der Waals surface area contributed by atoms with Crippen molar-refractivity contribution in [3.05, 3.63) is 17.7 Å². The molecular weight excluding hydrogens is 232 g/mol. The summed E-state index contributed by atoms with van der Waals surface area (Å²) in [4.78, 5) is 2.41. The Balaban J connectivity index is 1.82. The summed E-state index contributed by atoms with van der Waals surface area (Å²) in [5, 5.41) is 3.35. The molecule has 18 heavy (non-hydrogen) atoms. The van der Waals surface area contributed by atoms with Gasteiger partial charge in [-0.3, -0.25) is 4.90 Å². The number of fused-ring (bicyclic) bond motifs is 1. The fraction of sp³-hybridized carbons (Fsp3) is 0.538. The highest BCUT2D eigenvalue weighted by Gasteiger charge is 2.23. The van der Waals surface area contributed by atoms with Gasteiger partial charge in [0.1, 0.15) is 0 Å². The van der Waals surface area contributed by atoms with Crippen LogP contribution in [0, 0.1) is 0 Å². The second kappa shape index (κ2) is 5.04.